The molecule has 106 valence electrons. The van der Waals surface area contributed by atoms with Crippen molar-refractivity contribution in [1.82, 2.24) is 10.6 Å². The van der Waals surface area contributed by atoms with Crippen molar-refractivity contribution in [2.75, 3.05) is 13.1 Å². The van der Waals surface area contributed by atoms with Crippen LogP contribution < -0.4 is 15.4 Å². The molecule has 3 nitrogen and oxygen atoms in total. The van der Waals surface area contributed by atoms with Crippen LogP contribution in [0.15, 0.2) is 24.3 Å². The Kier molecular flexibility index (Phi) is 5.67. The van der Waals surface area contributed by atoms with Gasteiger partial charge >= 0.3 is 0 Å². The first kappa shape index (κ1) is 14.4. The zero-order chi connectivity index (χ0) is 13.5. The Morgan fingerprint density at radius 3 is 2.68 bits per heavy atom. The maximum Gasteiger partial charge on any atom is 0.119 e. The molecule has 0 bridgehead atoms. The second kappa shape index (κ2) is 7.51. The third-order valence-corrected chi connectivity index (χ3v) is 3.43. The molecular formula is C16H26N2O. The highest BCUT2D eigenvalue weighted by atomic mass is 16.5. The van der Waals surface area contributed by atoms with Gasteiger partial charge in [-0.3, -0.25) is 0 Å². The zero-order valence-corrected chi connectivity index (χ0v) is 12.1. The largest absolute Gasteiger partial charge is 0.491 e. The lowest BCUT2D eigenvalue weighted by Gasteiger charge is -2.23. The van der Waals surface area contributed by atoms with Crippen LogP contribution in [0.3, 0.4) is 0 Å². The smallest absolute Gasteiger partial charge is 0.119 e. The molecule has 1 fully saturated rings. The minimum absolute atomic E-state index is 0.237. The van der Waals surface area contributed by atoms with E-state index in [0.29, 0.717) is 6.04 Å². The van der Waals surface area contributed by atoms with Crippen molar-refractivity contribution in [2.24, 2.45) is 0 Å². The number of benzene rings is 1. The Bertz CT molecular complexity index is 356. The van der Waals surface area contributed by atoms with Crippen LogP contribution in [-0.4, -0.2) is 25.2 Å². The first-order valence-corrected chi connectivity index (χ1v) is 7.44. The van der Waals surface area contributed by atoms with E-state index in [1.54, 1.807) is 0 Å². The summed E-state index contributed by atoms with van der Waals surface area (Å²) in [6.45, 7) is 7.26. The van der Waals surface area contributed by atoms with Gasteiger partial charge in [0.1, 0.15) is 5.75 Å². The van der Waals surface area contributed by atoms with Crippen LogP contribution in [0.1, 0.15) is 38.7 Å². The Morgan fingerprint density at radius 2 is 2.05 bits per heavy atom. The van der Waals surface area contributed by atoms with Crippen LogP contribution >= 0.6 is 0 Å². The number of hydrogen-bond donors (Lipinski definition) is 2. The lowest BCUT2D eigenvalue weighted by molar-refractivity contribution is 0.242. The van der Waals surface area contributed by atoms with Gasteiger partial charge in [-0.2, -0.15) is 0 Å². The number of ether oxygens (including phenoxy) is 1. The van der Waals surface area contributed by atoms with Gasteiger partial charge in [-0.1, -0.05) is 18.6 Å². The maximum absolute atomic E-state index is 5.64. The van der Waals surface area contributed by atoms with Crippen molar-refractivity contribution in [3.8, 4) is 5.75 Å². The first-order valence-electron chi connectivity index (χ1n) is 7.44. The fraction of sp³-hybridized carbons (Fsp3) is 0.625. The molecule has 1 aliphatic heterocycles. The fourth-order valence-electron chi connectivity index (χ4n) is 2.45. The van der Waals surface area contributed by atoms with Gasteiger partial charge in [0.15, 0.2) is 0 Å². The quantitative estimate of drug-likeness (QED) is 0.827. The zero-order valence-electron chi connectivity index (χ0n) is 12.1. The summed E-state index contributed by atoms with van der Waals surface area (Å²) in [6.07, 6.45) is 4.23. The average Bonchev–Trinajstić information content (AvgIpc) is 2.41. The summed E-state index contributed by atoms with van der Waals surface area (Å²) >= 11 is 0. The molecule has 0 amide bonds. The van der Waals surface area contributed by atoms with Crippen LogP contribution in [0.5, 0.6) is 5.75 Å². The molecule has 0 aliphatic carbocycles. The molecule has 1 unspecified atom stereocenters. The van der Waals surface area contributed by atoms with Crippen LogP contribution in [0.2, 0.25) is 0 Å². The highest BCUT2D eigenvalue weighted by Gasteiger charge is 2.11. The van der Waals surface area contributed by atoms with E-state index in [9.17, 15) is 0 Å². The normalized spacial score (nSPS) is 19.6. The lowest BCUT2D eigenvalue weighted by atomic mass is 10.1. The molecule has 0 spiro atoms. The molecule has 2 N–H and O–H groups in total. The highest BCUT2D eigenvalue weighted by molar-refractivity contribution is 5.27. The monoisotopic (exact) mass is 262 g/mol. The van der Waals surface area contributed by atoms with Crippen molar-refractivity contribution >= 4 is 0 Å². The molecule has 0 radical (unpaired) electrons. The van der Waals surface area contributed by atoms with Gasteiger partial charge in [0.25, 0.3) is 0 Å². The molecule has 0 saturated carbocycles. The number of rotatable bonds is 6. The van der Waals surface area contributed by atoms with Gasteiger partial charge in [0.2, 0.25) is 0 Å². The van der Waals surface area contributed by atoms with Gasteiger partial charge < -0.3 is 15.4 Å². The predicted octanol–water partition coefficient (Wildman–Crippen LogP) is 2.71. The number of piperidine rings is 1. The molecule has 1 aliphatic rings. The minimum atomic E-state index is 0.237. The van der Waals surface area contributed by atoms with Gasteiger partial charge in [-0.15, -0.1) is 0 Å². The lowest BCUT2D eigenvalue weighted by Crippen LogP contribution is -2.41. The van der Waals surface area contributed by atoms with E-state index in [4.69, 9.17) is 4.74 Å². The topological polar surface area (TPSA) is 33.3 Å². The van der Waals surface area contributed by atoms with Crippen molar-refractivity contribution in [3.63, 3.8) is 0 Å². The van der Waals surface area contributed by atoms with E-state index in [1.807, 2.05) is 13.8 Å². The molecule has 1 aromatic rings. The molecule has 3 heteroatoms. The van der Waals surface area contributed by atoms with E-state index >= 15 is 0 Å². The van der Waals surface area contributed by atoms with Gasteiger partial charge in [0.05, 0.1) is 6.10 Å². The van der Waals surface area contributed by atoms with E-state index < -0.39 is 0 Å². The minimum Gasteiger partial charge on any atom is -0.491 e. The Labute approximate surface area is 116 Å². The number of hydrogen-bond acceptors (Lipinski definition) is 3. The molecule has 1 saturated heterocycles. The van der Waals surface area contributed by atoms with Crippen LogP contribution in [0, 0.1) is 0 Å². The van der Waals surface area contributed by atoms with E-state index in [-0.39, 0.29) is 6.10 Å². The molecule has 2 rings (SSSR count). The molecule has 1 atom stereocenters. The number of nitrogens with one attached hydrogen (secondary N) is 2. The highest BCUT2D eigenvalue weighted by Crippen LogP contribution is 2.13. The van der Waals surface area contributed by atoms with Crippen molar-refractivity contribution < 1.29 is 4.74 Å². The van der Waals surface area contributed by atoms with Gasteiger partial charge in [0, 0.05) is 19.1 Å². The summed E-state index contributed by atoms with van der Waals surface area (Å²) in [7, 11) is 0. The Balaban J connectivity index is 1.70. The van der Waals surface area contributed by atoms with Crippen molar-refractivity contribution in [3.05, 3.63) is 29.8 Å². The molecule has 1 heterocycles. The van der Waals surface area contributed by atoms with Crippen LogP contribution in [0.25, 0.3) is 0 Å². The second-order valence-electron chi connectivity index (χ2n) is 5.59. The Hall–Kier alpha value is -1.06. The first-order chi connectivity index (χ1) is 9.24. The summed E-state index contributed by atoms with van der Waals surface area (Å²) in [4.78, 5) is 0. The Morgan fingerprint density at radius 1 is 1.26 bits per heavy atom. The third kappa shape index (κ3) is 5.21. The fourth-order valence-corrected chi connectivity index (χ4v) is 2.45. The van der Waals surface area contributed by atoms with Crippen LogP contribution in [-0.2, 0) is 6.54 Å². The summed E-state index contributed by atoms with van der Waals surface area (Å²) in [5, 5.41) is 7.08. The summed E-state index contributed by atoms with van der Waals surface area (Å²) in [5.74, 6) is 0.952. The molecule has 19 heavy (non-hydrogen) atoms. The maximum atomic E-state index is 5.64. The standard InChI is InChI=1S/C16H26N2O/c1-13(2)19-16-8-6-14(7-9-16)11-17-12-15-5-3-4-10-18-15/h6-9,13,15,17-18H,3-5,10-12H2,1-2H3. The summed E-state index contributed by atoms with van der Waals surface area (Å²) in [5.41, 5.74) is 1.31. The average molecular weight is 262 g/mol. The van der Waals surface area contributed by atoms with E-state index in [0.717, 1.165) is 18.8 Å². The van der Waals surface area contributed by atoms with Gasteiger partial charge in [-0.25, -0.2) is 0 Å². The van der Waals surface area contributed by atoms with Crippen molar-refractivity contribution in [2.45, 2.75) is 51.8 Å². The van der Waals surface area contributed by atoms with Gasteiger partial charge in [-0.05, 0) is 50.9 Å². The molecule has 1 aromatic carbocycles. The van der Waals surface area contributed by atoms with E-state index in [1.165, 1.54) is 31.4 Å². The van der Waals surface area contributed by atoms with Crippen molar-refractivity contribution in [1.29, 1.82) is 0 Å². The third-order valence-electron chi connectivity index (χ3n) is 3.43. The van der Waals surface area contributed by atoms with Crippen LogP contribution in [0.4, 0.5) is 0 Å². The molecular weight excluding hydrogens is 236 g/mol. The SMILES string of the molecule is CC(C)Oc1ccc(CNCC2CCCCN2)cc1. The summed E-state index contributed by atoms with van der Waals surface area (Å²) in [6, 6.07) is 9.03. The predicted molar refractivity (Wildman–Crippen MR) is 79.6 cm³/mol. The second-order valence-corrected chi connectivity index (χ2v) is 5.59. The molecule has 0 aromatic heterocycles. The van der Waals surface area contributed by atoms with E-state index in [2.05, 4.69) is 34.9 Å². The summed E-state index contributed by atoms with van der Waals surface area (Å²) < 4.78 is 5.64.